The van der Waals surface area contributed by atoms with Gasteiger partial charge in [-0.1, -0.05) is 30.3 Å². The molecular weight excluding hydrogens is 198 g/mol. The summed E-state index contributed by atoms with van der Waals surface area (Å²) in [5, 5.41) is 10.3. The van der Waals surface area contributed by atoms with E-state index in [4.69, 9.17) is 10.00 Å². The SMILES string of the molecule is N#CSCC(OC=O)c1ccccc1. The maximum Gasteiger partial charge on any atom is 0.293 e. The molecule has 14 heavy (non-hydrogen) atoms. The minimum atomic E-state index is -0.335. The van der Waals surface area contributed by atoms with Crippen LogP contribution >= 0.6 is 11.8 Å². The molecule has 0 aliphatic rings. The fraction of sp³-hybridized carbons (Fsp3) is 0.200. The lowest BCUT2D eigenvalue weighted by molar-refractivity contribution is -0.132. The number of nitrogens with zero attached hydrogens (tertiary/aromatic N) is 1. The topological polar surface area (TPSA) is 50.1 Å². The number of hydrogen-bond acceptors (Lipinski definition) is 4. The maximum atomic E-state index is 10.2. The molecule has 72 valence electrons. The summed E-state index contributed by atoms with van der Waals surface area (Å²) in [5.41, 5.74) is 0.905. The van der Waals surface area contributed by atoms with E-state index in [0.717, 1.165) is 17.3 Å². The van der Waals surface area contributed by atoms with E-state index < -0.39 is 0 Å². The van der Waals surface area contributed by atoms with Crippen molar-refractivity contribution < 1.29 is 9.53 Å². The van der Waals surface area contributed by atoms with Gasteiger partial charge >= 0.3 is 0 Å². The lowest BCUT2D eigenvalue weighted by Gasteiger charge is -2.12. The van der Waals surface area contributed by atoms with Gasteiger partial charge in [-0.3, -0.25) is 4.79 Å². The summed E-state index contributed by atoms with van der Waals surface area (Å²) in [6.45, 7) is 0.412. The molecular formula is C10H9NO2S. The normalized spacial score (nSPS) is 11.4. The number of hydrogen-bond donors (Lipinski definition) is 0. The highest BCUT2D eigenvalue weighted by Gasteiger charge is 2.11. The molecule has 3 nitrogen and oxygen atoms in total. The van der Waals surface area contributed by atoms with Crippen molar-refractivity contribution in [2.75, 3.05) is 5.75 Å². The van der Waals surface area contributed by atoms with Crippen LogP contribution in [0.1, 0.15) is 11.7 Å². The molecule has 1 aromatic carbocycles. The van der Waals surface area contributed by atoms with Gasteiger partial charge in [-0.25, -0.2) is 0 Å². The largest absolute Gasteiger partial charge is 0.459 e. The predicted octanol–water partition coefficient (Wildman–Crippen LogP) is 2.11. The summed E-state index contributed by atoms with van der Waals surface area (Å²) < 4.78 is 4.88. The van der Waals surface area contributed by atoms with Crippen molar-refractivity contribution in [2.24, 2.45) is 0 Å². The van der Waals surface area contributed by atoms with Crippen LogP contribution in [-0.2, 0) is 9.53 Å². The van der Waals surface area contributed by atoms with E-state index in [0.29, 0.717) is 12.2 Å². The quantitative estimate of drug-likeness (QED) is 0.548. The molecule has 0 radical (unpaired) electrons. The summed E-state index contributed by atoms with van der Waals surface area (Å²) in [7, 11) is 0. The van der Waals surface area contributed by atoms with Crippen LogP contribution in [0.2, 0.25) is 0 Å². The second-order valence-electron chi connectivity index (χ2n) is 2.53. The van der Waals surface area contributed by atoms with Crippen LogP contribution in [0.3, 0.4) is 0 Å². The first-order chi connectivity index (χ1) is 6.88. The zero-order valence-corrected chi connectivity index (χ0v) is 8.24. The highest BCUT2D eigenvalue weighted by Crippen LogP contribution is 2.20. The van der Waals surface area contributed by atoms with Crippen molar-refractivity contribution in [1.82, 2.24) is 0 Å². The number of carbonyl (C=O) groups is 1. The number of carbonyl (C=O) groups excluding carboxylic acids is 1. The maximum absolute atomic E-state index is 10.2. The minimum Gasteiger partial charge on any atom is -0.459 e. The molecule has 0 saturated carbocycles. The van der Waals surface area contributed by atoms with Crippen LogP contribution in [0, 0.1) is 10.7 Å². The Morgan fingerprint density at radius 3 is 2.79 bits per heavy atom. The number of thioether (sulfide) groups is 1. The molecule has 1 atom stereocenters. The van der Waals surface area contributed by atoms with Gasteiger partial charge in [-0.05, 0) is 17.3 Å². The van der Waals surface area contributed by atoms with Gasteiger partial charge in [0.15, 0.2) is 0 Å². The summed E-state index contributed by atoms with van der Waals surface area (Å²) in [6.07, 6.45) is -0.335. The van der Waals surface area contributed by atoms with E-state index in [9.17, 15) is 4.79 Å². The number of rotatable bonds is 5. The zero-order valence-electron chi connectivity index (χ0n) is 7.42. The van der Waals surface area contributed by atoms with Gasteiger partial charge in [0.2, 0.25) is 0 Å². The lowest BCUT2D eigenvalue weighted by atomic mass is 10.1. The van der Waals surface area contributed by atoms with Gasteiger partial charge < -0.3 is 4.74 Å². The van der Waals surface area contributed by atoms with Crippen LogP contribution in [0.15, 0.2) is 30.3 Å². The fourth-order valence-corrected chi connectivity index (χ4v) is 1.56. The Bertz CT molecular complexity index is 321. The average molecular weight is 207 g/mol. The van der Waals surface area contributed by atoms with Crippen LogP contribution in [0.4, 0.5) is 0 Å². The summed E-state index contributed by atoms with van der Waals surface area (Å²) in [5.74, 6) is 0.458. The molecule has 0 amide bonds. The first-order valence-electron chi connectivity index (χ1n) is 4.03. The third kappa shape index (κ3) is 3.11. The molecule has 0 aromatic heterocycles. The van der Waals surface area contributed by atoms with Crippen LogP contribution in [-0.4, -0.2) is 12.2 Å². The van der Waals surface area contributed by atoms with E-state index >= 15 is 0 Å². The highest BCUT2D eigenvalue weighted by molar-refractivity contribution is 8.03. The molecule has 0 heterocycles. The second kappa shape index (κ2) is 6.06. The molecule has 1 aromatic rings. The summed E-state index contributed by atoms with van der Waals surface area (Å²) >= 11 is 1.07. The van der Waals surface area contributed by atoms with Gasteiger partial charge in [0.05, 0.1) is 0 Å². The van der Waals surface area contributed by atoms with Gasteiger partial charge in [0, 0.05) is 5.75 Å². The molecule has 0 aliphatic heterocycles. The van der Waals surface area contributed by atoms with E-state index in [-0.39, 0.29) is 6.10 Å². The van der Waals surface area contributed by atoms with Gasteiger partial charge in [-0.2, -0.15) is 5.26 Å². The number of thiocyanates is 1. The van der Waals surface area contributed by atoms with Crippen molar-refractivity contribution in [3.63, 3.8) is 0 Å². The van der Waals surface area contributed by atoms with Gasteiger partial charge in [0.1, 0.15) is 11.5 Å². The Labute approximate surface area is 86.7 Å². The molecule has 1 unspecified atom stereocenters. The average Bonchev–Trinajstić information content (AvgIpc) is 2.25. The third-order valence-corrected chi connectivity index (χ3v) is 2.29. The fourth-order valence-electron chi connectivity index (χ4n) is 1.06. The Hall–Kier alpha value is -1.47. The zero-order chi connectivity index (χ0) is 10.2. The van der Waals surface area contributed by atoms with Crippen LogP contribution in [0.5, 0.6) is 0 Å². The van der Waals surface area contributed by atoms with E-state index in [2.05, 4.69) is 0 Å². The molecule has 0 bridgehead atoms. The van der Waals surface area contributed by atoms with E-state index in [1.165, 1.54) is 0 Å². The van der Waals surface area contributed by atoms with Crippen LogP contribution in [0.25, 0.3) is 0 Å². The smallest absolute Gasteiger partial charge is 0.293 e. The van der Waals surface area contributed by atoms with E-state index in [1.54, 1.807) is 0 Å². The number of benzene rings is 1. The molecule has 0 saturated heterocycles. The van der Waals surface area contributed by atoms with Gasteiger partial charge in [-0.15, -0.1) is 0 Å². The third-order valence-electron chi connectivity index (χ3n) is 1.69. The van der Waals surface area contributed by atoms with Crippen molar-refractivity contribution in [3.8, 4) is 5.40 Å². The second-order valence-corrected chi connectivity index (χ2v) is 3.34. The van der Waals surface area contributed by atoms with Crippen LogP contribution < -0.4 is 0 Å². The molecule has 1 rings (SSSR count). The Morgan fingerprint density at radius 2 is 2.21 bits per heavy atom. The Kier molecular flexibility index (Phi) is 4.59. The number of nitriles is 1. The monoisotopic (exact) mass is 207 g/mol. The van der Waals surface area contributed by atoms with Crippen molar-refractivity contribution in [3.05, 3.63) is 35.9 Å². The highest BCUT2D eigenvalue weighted by atomic mass is 32.2. The first kappa shape index (κ1) is 10.6. The molecule has 4 heteroatoms. The molecule has 0 spiro atoms. The Balaban J connectivity index is 2.68. The standard InChI is InChI=1S/C10H9NO2S/c11-7-14-6-10(13-8-12)9-4-2-1-3-5-9/h1-5,8,10H,6H2. The minimum absolute atomic E-state index is 0.335. The van der Waals surface area contributed by atoms with E-state index in [1.807, 2.05) is 35.7 Å². The molecule has 0 fully saturated rings. The predicted molar refractivity (Wildman–Crippen MR) is 54.4 cm³/mol. The number of ether oxygens (including phenoxy) is 1. The van der Waals surface area contributed by atoms with Crippen molar-refractivity contribution in [1.29, 1.82) is 5.26 Å². The molecule has 0 aliphatic carbocycles. The summed E-state index contributed by atoms with van der Waals surface area (Å²) in [6, 6.07) is 9.36. The van der Waals surface area contributed by atoms with Crippen molar-refractivity contribution in [2.45, 2.75) is 6.10 Å². The first-order valence-corrected chi connectivity index (χ1v) is 5.02. The summed E-state index contributed by atoms with van der Waals surface area (Å²) in [4.78, 5) is 10.2. The van der Waals surface area contributed by atoms with Gasteiger partial charge in [0.25, 0.3) is 6.47 Å². The lowest BCUT2D eigenvalue weighted by Crippen LogP contribution is -2.05. The Morgan fingerprint density at radius 1 is 1.50 bits per heavy atom. The molecule has 0 N–H and O–H groups in total. The van der Waals surface area contributed by atoms with Crippen molar-refractivity contribution >= 4 is 18.2 Å².